The van der Waals surface area contributed by atoms with E-state index in [1.807, 2.05) is 0 Å². The van der Waals surface area contributed by atoms with Gasteiger partial charge in [-0.2, -0.15) is 0 Å². The lowest BCUT2D eigenvalue weighted by molar-refractivity contribution is 0.310. The van der Waals surface area contributed by atoms with Crippen molar-refractivity contribution >= 4 is 12.4 Å². The van der Waals surface area contributed by atoms with Gasteiger partial charge in [-0.1, -0.05) is 0 Å². The lowest BCUT2D eigenvalue weighted by atomic mass is 9.86. The Kier molecular flexibility index (Phi) is 5.44. The molecule has 1 aliphatic heterocycles. The van der Waals surface area contributed by atoms with Crippen LogP contribution in [0.5, 0.6) is 0 Å². The van der Waals surface area contributed by atoms with Crippen LogP contribution in [0.25, 0.3) is 0 Å². The molecule has 0 spiro atoms. The highest BCUT2D eigenvalue weighted by atomic mass is 35.5. The molecule has 2 nitrogen and oxygen atoms in total. The van der Waals surface area contributed by atoms with E-state index in [0.29, 0.717) is 12.1 Å². The molecule has 0 unspecified atom stereocenters. The highest BCUT2D eigenvalue weighted by molar-refractivity contribution is 5.85. The average molecular weight is 281 g/mol. The third-order valence-electron chi connectivity index (χ3n) is 3.27. The lowest BCUT2D eigenvalue weighted by Crippen LogP contribution is -2.34. The van der Waals surface area contributed by atoms with Crippen molar-refractivity contribution in [2.75, 3.05) is 13.1 Å². The zero-order valence-electron chi connectivity index (χ0n) is 9.76. The minimum absolute atomic E-state index is 0. The van der Waals surface area contributed by atoms with Crippen molar-refractivity contribution < 1.29 is 13.2 Å². The minimum atomic E-state index is -0.915. The maximum atomic E-state index is 13.5. The second-order valence-electron chi connectivity index (χ2n) is 4.40. The lowest BCUT2D eigenvalue weighted by Gasteiger charge is -2.28. The molecule has 0 aromatic heterocycles. The number of nitrogens with one attached hydrogen (secondary N) is 1. The molecule has 0 aliphatic carbocycles. The van der Waals surface area contributed by atoms with Crippen molar-refractivity contribution in [1.82, 2.24) is 5.32 Å². The van der Waals surface area contributed by atoms with E-state index < -0.39 is 23.5 Å². The number of benzene rings is 1. The molecule has 0 saturated carbocycles. The number of halogens is 4. The molecule has 1 aromatic rings. The molecule has 1 aromatic carbocycles. The van der Waals surface area contributed by atoms with Gasteiger partial charge in [0.2, 0.25) is 0 Å². The molecule has 1 aliphatic rings. The number of hydrogen-bond acceptors (Lipinski definition) is 2. The Morgan fingerprint density at radius 2 is 1.61 bits per heavy atom. The van der Waals surface area contributed by atoms with Crippen LogP contribution in [0, 0.1) is 23.4 Å². The second-order valence-corrected chi connectivity index (χ2v) is 4.40. The van der Waals surface area contributed by atoms with Crippen molar-refractivity contribution in [2.45, 2.75) is 18.9 Å². The molecule has 2 rings (SSSR count). The van der Waals surface area contributed by atoms with Crippen LogP contribution < -0.4 is 11.1 Å². The third kappa shape index (κ3) is 3.16. The summed E-state index contributed by atoms with van der Waals surface area (Å²) in [6.45, 7) is 1.59. The first-order chi connectivity index (χ1) is 8.09. The number of nitrogens with two attached hydrogens (primary N) is 1. The number of hydrogen-bond donors (Lipinski definition) is 2. The van der Waals surface area contributed by atoms with E-state index in [2.05, 4.69) is 5.32 Å². The highest BCUT2D eigenvalue weighted by Gasteiger charge is 2.26. The molecule has 18 heavy (non-hydrogen) atoms. The average Bonchev–Trinajstić information content (AvgIpc) is 2.28. The van der Waals surface area contributed by atoms with E-state index >= 15 is 0 Å². The minimum Gasteiger partial charge on any atom is -0.324 e. The molecule has 6 heteroatoms. The summed E-state index contributed by atoms with van der Waals surface area (Å²) in [6.07, 6.45) is 1.55. The predicted octanol–water partition coefficient (Wildman–Crippen LogP) is 2.53. The van der Waals surface area contributed by atoms with Gasteiger partial charge in [0.15, 0.2) is 0 Å². The Morgan fingerprint density at radius 3 is 2.11 bits per heavy atom. The van der Waals surface area contributed by atoms with E-state index in [4.69, 9.17) is 5.73 Å². The Hall–Kier alpha value is -0.780. The summed E-state index contributed by atoms with van der Waals surface area (Å²) in [7, 11) is 0. The molecule has 1 fully saturated rings. The maximum absolute atomic E-state index is 13.5. The smallest absolute Gasteiger partial charge is 0.133 e. The zero-order valence-corrected chi connectivity index (χ0v) is 10.6. The van der Waals surface area contributed by atoms with E-state index in [1.54, 1.807) is 0 Å². The van der Waals surface area contributed by atoms with Gasteiger partial charge in [-0.15, -0.1) is 12.4 Å². The first-order valence-electron chi connectivity index (χ1n) is 5.70. The van der Waals surface area contributed by atoms with Gasteiger partial charge in [0.05, 0.1) is 0 Å². The normalized spacial score (nSPS) is 18.2. The van der Waals surface area contributed by atoms with Crippen LogP contribution in [0.4, 0.5) is 13.2 Å². The summed E-state index contributed by atoms with van der Waals surface area (Å²) in [5.41, 5.74) is 5.70. The molecule has 1 atom stereocenters. The molecule has 1 heterocycles. The van der Waals surface area contributed by atoms with Gasteiger partial charge in [0.1, 0.15) is 17.5 Å². The molecule has 0 radical (unpaired) electrons. The Morgan fingerprint density at radius 1 is 1.11 bits per heavy atom. The molecular formula is C12H16ClF3N2. The van der Waals surface area contributed by atoms with Crippen LogP contribution in [0.15, 0.2) is 12.1 Å². The maximum Gasteiger partial charge on any atom is 0.133 e. The van der Waals surface area contributed by atoms with Crippen LogP contribution in [0.2, 0.25) is 0 Å². The quantitative estimate of drug-likeness (QED) is 0.874. The van der Waals surface area contributed by atoms with E-state index in [0.717, 1.165) is 25.9 Å². The topological polar surface area (TPSA) is 38.0 Å². The predicted molar refractivity (Wildman–Crippen MR) is 66.1 cm³/mol. The van der Waals surface area contributed by atoms with E-state index in [9.17, 15) is 13.2 Å². The molecule has 0 bridgehead atoms. The van der Waals surface area contributed by atoms with Crippen LogP contribution in [-0.4, -0.2) is 13.1 Å². The van der Waals surface area contributed by atoms with Gasteiger partial charge in [0, 0.05) is 23.7 Å². The SMILES string of the molecule is Cl.N[C@@H](c1c(F)cc(F)cc1F)C1CCNCC1. The van der Waals surface area contributed by atoms with Gasteiger partial charge in [-0.25, -0.2) is 13.2 Å². The summed E-state index contributed by atoms with van der Waals surface area (Å²) < 4.78 is 39.9. The first kappa shape index (κ1) is 15.3. The van der Waals surface area contributed by atoms with E-state index in [1.165, 1.54) is 0 Å². The zero-order chi connectivity index (χ0) is 12.4. The van der Waals surface area contributed by atoms with Gasteiger partial charge in [-0.3, -0.25) is 0 Å². The monoisotopic (exact) mass is 280 g/mol. The first-order valence-corrected chi connectivity index (χ1v) is 5.70. The Bertz CT molecular complexity index is 385. The fraction of sp³-hybridized carbons (Fsp3) is 0.500. The van der Waals surface area contributed by atoms with Gasteiger partial charge in [0.25, 0.3) is 0 Å². The fourth-order valence-corrected chi connectivity index (χ4v) is 2.31. The Labute approximate surface area is 110 Å². The van der Waals surface area contributed by atoms with E-state index in [-0.39, 0.29) is 23.9 Å². The molecule has 1 saturated heterocycles. The number of piperidine rings is 1. The summed E-state index contributed by atoms with van der Waals surface area (Å²) in [4.78, 5) is 0. The highest BCUT2D eigenvalue weighted by Crippen LogP contribution is 2.30. The van der Waals surface area contributed by atoms with Crippen LogP contribution in [-0.2, 0) is 0 Å². The molecule has 102 valence electrons. The van der Waals surface area contributed by atoms with Crippen LogP contribution in [0.3, 0.4) is 0 Å². The van der Waals surface area contributed by atoms with Gasteiger partial charge >= 0.3 is 0 Å². The third-order valence-corrected chi connectivity index (χ3v) is 3.27. The standard InChI is InChI=1S/C12H15F3N2.ClH/c13-8-5-9(14)11(10(15)6-8)12(16)7-1-3-17-4-2-7;/h5-7,12,17H,1-4,16H2;1H/t12-;/m1./s1. The van der Waals surface area contributed by atoms with Crippen LogP contribution >= 0.6 is 12.4 Å². The summed E-state index contributed by atoms with van der Waals surface area (Å²) >= 11 is 0. The Balaban J connectivity index is 0.00000162. The van der Waals surface area contributed by atoms with Crippen molar-refractivity contribution in [3.63, 3.8) is 0 Å². The van der Waals surface area contributed by atoms with Gasteiger partial charge in [-0.05, 0) is 31.8 Å². The van der Waals surface area contributed by atoms with Crippen molar-refractivity contribution in [3.8, 4) is 0 Å². The molecular weight excluding hydrogens is 265 g/mol. The van der Waals surface area contributed by atoms with Crippen LogP contribution in [0.1, 0.15) is 24.4 Å². The van der Waals surface area contributed by atoms with Crippen molar-refractivity contribution in [1.29, 1.82) is 0 Å². The molecule has 0 amide bonds. The second kappa shape index (κ2) is 6.41. The van der Waals surface area contributed by atoms with Gasteiger partial charge < -0.3 is 11.1 Å². The molecule has 3 N–H and O–H groups in total. The summed E-state index contributed by atoms with van der Waals surface area (Å²) in [5.74, 6) is -2.67. The summed E-state index contributed by atoms with van der Waals surface area (Å²) in [6, 6.07) is 0.649. The van der Waals surface area contributed by atoms with Crippen molar-refractivity contribution in [2.24, 2.45) is 11.7 Å². The fourth-order valence-electron chi connectivity index (χ4n) is 2.31. The summed E-state index contributed by atoms with van der Waals surface area (Å²) in [5, 5.41) is 3.16. The number of rotatable bonds is 2. The van der Waals surface area contributed by atoms with Crippen molar-refractivity contribution in [3.05, 3.63) is 35.1 Å². The largest absolute Gasteiger partial charge is 0.324 e.